The molecule has 1 rings (SSSR count). The molecule has 1 aromatic heterocycles. The third kappa shape index (κ3) is 3.12. The maximum Gasteiger partial charge on any atom is 0.233 e. The van der Waals surface area contributed by atoms with Crippen molar-refractivity contribution >= 4 is 33.2 Å². The first-order valence-electron chi connectivity index (χ1n) is 4.08. The topological polar surface area (TPSA) is 29.1 Å². The van der Waals surface area contributed by atoms with Crippen LogP contribution < -0.4 is 5.32 Å². The molecule has 0 saturated heterocycles. The van der Waals surface area contributed by atoms with E-state index in [0.29, 0.717) is 0 Å². The highest BCUT2D eigenvalue weighted by Crippen LogP contribution is 2.15. The molecule has 0 fully saturated rings. The minimum absolute atomic E-state index is 0.0266. The normalized spacial score (nSPS) is 15.0. The highest BCUT2D eigenvalue weighted by molar-refractivity contribution is 9.10. The number of hydrogen-bond acceptors (Lipinski definition) is 2. The molecule has 2 atom stereocenters. The van der Waals surface area contributed by atoms with Crippen LogP contribution in [-0.4, -0.2) is 10.7 Å². The fourth-order valence-electron chi connectivity index (χ4n) is 0.933. The van der Waals surface area contributed by atoms with E-state index in [9.17, 15) is 4.79 Å². The molecule has 0 spiro atoms. The van der Waals surface area contributed by atoms with Gasteiger partial charge in [0.25, 0.3) is 0 Å². The molecule has 2 unspecified atom stereocenters. The zero-order valence-corrected chi connectivity index (χ0v) is 9.98. The summed E-state index contributed by atoms with van der Waals surface area (Å²) in [6.07, 6.45) is 0. The lowest BCUT2D eigenvalue weighted by molar-refractivity contribution is -0.120. The SMILES string of the molecule is CC(Br)C(=O)NC(C)c1ccsc1. The maximum atomic E-state index is 11.3. The van der Waals surface area contributed by atoms with E-state index in [1.165, 1.54) is 0 Å². The van der Waals surface area contributed by atoms with Crippen molar-refractivity contribution in [3.8, 4) is 0 Å². The van der Waals surface area contributed by atoms with Crippen LogP contribution in [0.1, 0.15) is 25.5 Å². The summed E-state index contributed by atoms with van der Waals surface area (Å²) >= 11 is 4.86. The van der Waals surface area contributed by atoms with Crippen LogP contribution >= 0.6 is 27.3 Å². The van der Waals surface area contributed by atoms with Crippen molar-refractivity contribution < 1.29 is 4.79 Å². The van der Waals surface area contributed by atoms with Gasteiger partial charge in [-0.2, -0.15) is 11.3 Å². The van der Waals surface area contributed by atoms with Crippen molar-refractivity contribution in [1.82, 2.24) is 5.32 Å². The summed E-state index contributed by atoms with van der Waals surface area (Å²) < 4.78 is 0. The molecule has 0 aromatic carbocycles. The van der Waals surface area contributed by atoms with Gasteiger partial charge in [-0.05, 0) is 36.2 Å². The number of nitrogens with one attached hydrogen (secondary N) is 1. The van der Waals surface area contributed by atoms with Crippen molar-refractivity contribution in [2.45, 2.75) is 24.7 Å². The summed E-state index contributed by atoms with van der Waals surface area (Å²) in [5.41, 5.74) is 1.16. The van der Waals surface area contributed by atoms with Crippen LogP contribution in [0.5, 0.6) is 0 Å². The summed E-state index contributed by atoms with van der Waals surface area (Å²) in [6, 6.07) is 2.12. The molecule has 1 amide bonds. The number of alkyl halides is 1. The summed E-state index contributed by atoms with van der Waals surface area (Å²) in [5.74, 6) is 0.0266. The molecule has 0 aliphatic heterocycles. The highest BCUT2D eigenvalue weighted by atomic mass is 79.9. The average Bonchev–Trinajstić information content (AvgIpc) is 2.55. The largest absolute Gasteiger partial charge is 0.349 e. The number of rotatable bonds is 3. The standard InChI is InChI=1S/C9H12BrNOS/c1-6(10)9(12)11-7(2)8-3-4-13-5-8/h3-7H,1-2H3,(H,11,12). The average molecular weight is 262 g/mol. The first-order chi connectivity index (χ1) is 6.11. The van der Waals surface area contributed by atoms with Gasteiger partial charge >= 0.3 is 0 Å². The van der Waals surface area contributed by atoms with Gasteiger partial charge in [0.15, 0.2) is 0 Å². The molecule has 1 aromatic rings. The summed E-state index contributed by atoms with van der Waals surface area (Å²) in [5, 5.41) is 6.96. The molecule has 0 aliphatic carbocycles. The smallest absolute Gasteiger partial charge is 0.233 e. The van der Waals surface area contributed by atoms with Crippen molar-refractivity contribution in [3.63, 3.8) is 0 Å². The molecule has 0 radical (unpaired) electrons. The van der Waals surface area contributed by atoms with E-state index in [2.05, 4.69) is 21.2 Å². The van der Waals surface area contributed by atoms with Crippen LogP contribution in [-0.2, 0) is 4.79 Å². The molecule has 1 heterocycles. The summed E-state index contributed by atoms with van der Waals surface area (Å²) in [7, 11) is 0. The van der Waals surface area contributed by atoms with Crippen LogP contribution in [0.4, 0.5) is 0 Å². The van der Waals surface area contributed by atoms with Gasteiger partial charge in [0.05, 0.1) is 10.9 Å². The van der Waals surface area contributed by atoms with Gasteiger partial charge < -0.3 is 5.32 Å². The van der Waals surface area contributed by atoms with Crippen LogP contribution in [0.25, 0.3) is 0 Å². The first-order valence-corrected chi connectivity index (χ1v) is 5.93. The zero-order valence-electron chi connectivity index (χ0n) is 7.58. The monoisotopic (exact) mass is 261 g/mol. The second-order valence-corrected chi connectivity index (χ2v) is 5.06. The molecule has 1 N–H and O–H groups in total. The van der Waals surface area contributed by atoms with E-state index in [1.54, 1.807) is 11.3 Å². The number of hydrogen-bond donors (Lipinski definition) is 1. The summed E-state index contributed by atoms with van der Waals surface area (Å²) in [4.78, 5) is 11.2. The van der Waals surface area contributed by atoms with E-state index in [0.717, 1.165) is 5.56 Å². The van der Waals surface area contributed by atoms with Gasteiger partial charge in [-0.1, -0.05) is 15.9 Å². The van der Waals surface area contributed by atoms with Gasteiger partial charge in [0.2, 0.25) is 5.91 Å². The second kappa shape index (κ2) is 4.77. The summed E-state index contributed by atoms with van der Waals surface area (Å²) in [6.45, 7) is 3.80. The quantitative estimate of drug-likeness (QED) is 0.834. The number of carbonyl (C=O) groups excluding carboxylic acids is 1. The maximum absolute atomic E-state index is 11.3. The predicted molar refractivity (Wildman–Crippen MR) is 59.3 cm³/mol. The van der Waals surface area contributed by atoms with Crippen LogP contribution in [0.2, 0.25) is 0 Å². The molecule has 13 heavy (non-hydrogen) atoms. The van der Waals surface area contributed by atoms with Crippen LogP contribution in [0.15, 0.2) is 16.8 Å². The molecule has 72 valence electrons. The number of amides is 1. The van der Waals surface area contributed by atoms with Crippen molar-refractivity contribution in [1.29, 1.82) is 0 Å². The molecule has 0 saturated carbocycles. The Hall–Kier alpha value is -0.350. The van der Waals surface area contributed by atoms with Crippen LogP contribution in [0.3, 0.4) is 0 Å². The van der Waals surface area contributed by atoms with Crippen molar-refractivity contribution in [3.05, 3.63) is 22.4 Å². The van der Waals surface area contributed by atoms with Gasteiger partial charge in [0.1, 0.15) is 0 Å². The van der Waals surface area contributed by atoms with E-state index in [-0.39, 0.29) is 16.8 Å². The van der Waals surface area contributed by atoms with E-state index in [1.807, 2.05) is 30.7 Å². The van der Waals surface area contributed by atoms with Crippen molar-refractivity contribution in [2.75, 3.05) is 0 Å². The molecular weight excluding hydrogens is 250 g/mol. The van der Waals surface area contributed by atoms with E-state index in [4.69, 9.17) is 0 Å². The minimum Gasteiger partial charge on any atom is -0.349 e. The lowest BCUT2D eigenvalue weighted by Gasteiger charge is -2.13. The van der Waals surface area contributed by atoms with Gasteiger partial charge in [-0.15, -0.1) is 0 Å². The Morgan fingerprint density at radius 3 is 2.77 bits per heavy atom. The molecule has 0 bridgehead atoms. The third-order valence-electron chi connectivity index (χ3n) is 1.76. The Kier molecular flexibility index (Phi) is 3.93. The molecular formula is C9H12BrNOS. The zero-order chi connectivity index (χ0) is 9.84. The Labute approximate surface area is 90.5 Å². The van der Waals surface area contributed by atoms with Gasteiger partial charge in [-0.25, -0.2) is 0 Å². The van der Waals surface area contributed by atoms with Crippen LogP contribution in [0, 0.1) is 0 Å². The lowest BCUT2D eigenvalue weighted by atomic mass is 10.2. The van der Waals surface area contributed by atoms with Gasteiger partial charge in [0, 0.05) is 0 Å². The minimum atomic E-state index is -0.131. The highest BCUT2D eigenvalue weighted by Gasteiger charge is 2.13. The Bertz CT molecular complexity index is 271. The second-order valence-electron chi connectivity index (χ2n) is 2.90. The lowest BCUT2D eigenvalue weighted by Crippen LogP contribution is -2.31. The van der Waals surface area contributed by atoms with E-state index < -0.39 is 0 Å². The third-order valence-corrected chi connectivity index (χ3v) is 2.88. The predicted octanol–water partition coefficient (Wildman–Crippen LogP) is 2.71. The molecule has 2 nitrogen and oxygen atoms in total. The van der Waals surface area contributed by atoms with Crippen molar-refractivity contribution in [2.24, 2.45) is 0 Å². The number of halogens is 1. The van der Waals surface area contributed by atoms with E-state index >= 15 is 0 Å². The Morgan fingerprint density at radius 1 is 1.62 bits per heavy atom. The number of carbonyl (C=O) groups is 1. The molecule has 4 heteroatoms. The number of thiophene rings is 1. The Morgan fingerprint density at radius 2 is 2.31 bits per heavy atom. The first kappa shape index (κ1) is 10.7. The molecule has 0 aliphatic rings. The fraction of sp³-hybridized carbons (Fsp3) is 0.444. The Balaban J connectivity index is 2.51. The van der Waals surface area contributed by atoms with Gasteiger partial charge in [-0.3, -0.25) is 4.79 Å². The fourth-order valence-corrected chi connectivity index (χ4v) is 1.82.